The first-order chi connectivity index (χ1) is 15.0. The van der Waals surface area contributed by atoms with Crippen LogP contribution in [-0.2, 0) is 24.1 Å². The van der Waals surface area contributed by atoms with E-state index in [1.165, 1.54) is 29.5 Å². The van der Waals surface area contributed by atoms with Crippen LogP contribution in [0.1, 0.15) is 51.2 Å². The molecule has 2 heterocycles. The van der Waals surface area contributed by atoms with E-state index in [1.54, 1.807) is 11.3 Å². The van der Waals surface area contributed by atoms with Crippen molar-refractivity contribution in [3.8, 4) is 0 Å². The minimum atomic E-state index is -0.313. The van der Waals surface area contributed by atoms with Crippen LogP contribution >= 0.6 is 23.6 Å². The van der Waals surface area contributed by atoms with Crippen LogP contribution in [0, 0.1) is 6.92 Å². The molecule has 0 radical (unpaired) electrons. The topological polar surface area (TPSA) is 68.2 Å². The average Bonchev–Trinajstić information content (AvgIpc) is 3.25. The minimum Gasteiger partial charge on any atom is -0.465 e. The Bertz CT molecular complexity index is 1100. The molecule has 0 unspecified atom stereocenters. The third-order valence-corrected chi connectivity index (χ3v) is 6.93. The molecule has 6 nitrogen and oxygen atoms in total. The van der Waals surface area contributed by atoms with Gasteiger partial charge < -0.3 is 15.4 Å². The highest BCUT2D eigenvalue weighted by molar-refractivity contribution is 7.80. The monoisotopic (exact) mass is 454 g/mol. The Labute approximate surface area is 191 Å². The number of fused-ring (bicyclic) bond motifs is 1. The lowest BCUT2D eigenvalue weighted by Crippen LogP contribution is -2.20. The van der Waals surface area contributed by atoms with Gasteiger partial charge in [-0.15, -0.1) is 11.3 Å². The Balaban J connectivity index is 1.46. The highest BCUT2D eigenvalue weighted by atomic mass is 32.1. The van der Waals surface area contributed by atoms with Gasteiger partial charge in [0.15, 0.2) is 10.9 Å². The summed E-state index contributed by atoms with van der Waals surface area (Å²) in [6.45, 7) is 2.79. The third-order valence-electron chi connectivity index (χ3n) is 5.51. The predicted molar refractivity (Wildman–Crippen MR) is 129 cm³/mol. The Morgan fingerprint density at radius 1 is 1.19 bits per heavy atom. The van der Waals surface area contributed by atoms with Gasteiger partial charge in [0.2, 0.25) is 0 Å². The predicted octanol–water partition coefficient (Wildman–Crippen LogP) is 5.17. The van der Waals surface area contributed by atoms with Gasteiger partial charge in [0.25, 0.3) is 0 Å². The number of rotatable bonds is 5. The van der Waals surface area contributed by atoms with E-state index < -0.39 is 0 Å². The molecule has 1 aromatic carbocycles. The number of benzene rings is 1. The van der Waals surface area contributed by atoms with Crippen molar-refractivity contribution in [1.29, 1.82) is 0 Å². The van der Waals surface area contributed by atoms with Gasteiger partial charge in [-0.1, -0.05) is 30.7 Å². The quantitative estimate of drug-likeness (QED) is 0.315. The molecular weight excluding hydrogens is 428 g/mol. The zero-order chi connectivity index (χ0) is 21.8. The number of anilines is 2. The van der Waals surface area contributed by atoms with Crippen molar-refractivity contribution in [2.24, 2.45) is 0 Å². The molecule has 162 valence electrons. The van der Waals surface area contributed by atoms with Crippen LogP contribution in [-0.4, -0.2) is 28.0 Å². The number of nitrogens with one attached hydrogen (secondary N) is 2. The zero-order valence-corrected chi connectivity index (χ0v) is 19.4. The molecule has 2 aromatic heterocycles. The highest BCUT2D eigenvalue weighted by Crippen LogP contribution is 2.38. The number of thiocarbonyl (C=S) groups is 1. The summed E-state index contributed by atoms with van der Waals surface area (Å²) in [6.07, 6.45) is 7.25. The summed E-state index contributed by atoms with van der Waals surface area (Å²) in [5.74, 6) is 0.344. The van der Waals surface area contributed by atoms with Crippen molar-refractivity contribution in [3.05, 3.63) is 63.7 Å². The number of carbonyl (C=O) groups excluding carboxylic acids is 1. The van der Waals surface area contributed by atoms with Gasteiger partial charge in [-0.2, -0.15) is 5.10 Å². The summed E-state index contributed by atoms with van der Waals surface area (Å²) in [5.41, 5.74) is 4.19. The molecule has 1 aliphatic carbocycles. The number of methoxy groups -OCH3 is 1. The number of hydrogen-bond donors (Lipinski definition) is 2. The van der Waals surface area contributed by atoms with Crippen LogP contribution in [0.2, 0.25) is 0 Å². The number of esters is 1. The van der Waals surface area contributed by atoms with E-state index in [9.17, 15) is 4.79 Å². The number of hydrogen-bond acceptors (Lipinski definition) is 5. The number of aromatic nitrogens is 2. The normalized spacial score (nSPS) is 13.2. The molecule has 0 saturated carbocycles. The summed E-state index contributed by atoms with van der Waals surface area (Å²) in [6, 6.07) is 10.2. The number of aryl methyl sites for hydroxylation is 2. The summed E-state index contributed by atoms with van der Waals surface area (Å²) < 4.78 is 6.94. The maximum atomic E-state index is 12.5. The average molecular weight is 455 g/mol. The maximum Gasteiger partial charge on any atom is 0.341 e. The summed E-state index contributed by atoms with van der Waals surface area (Å²) in [5, 5.41) is 12.1. The van der Waals surface area contributed by atoms with E-state index in [0.29, 0.717) is 23.0 Å². The fourth-order valence-corrected chi connectivity index (χ4v) is 5.43. The SMILES string of the molecule is COC(=O)c1c(NC(=S)Nc2ccn(Cc3ccccc3C)n2)sc2c1CCCCC2. The fraction of sp³-hybridized carbons (Fsp3) is 0.348. The van der Waals surface area contributed by atoms with Crippen molar-refractivity contribution in [1.82, 2.24) is 9.78 Å². The molecule has 0 bridgehead atoms. The van der Waals surface area contributed by atoms with E-state index in [-0.39, 0.29) is 5.97 Å². The van der Waals surface area contributed by atoms with E-state index in [0.717, 1.165) is 36.2 Å². The van der Waals surface area contributed by atoms with Crippen LogP contribution in [0.5, 0.6) is 0 Å². The van der Waals surface area contributed by atoms with Crippen LogP contribution in [0.4, 0.5) is 10.8 Å². The molecule has 2 N–H and O–H groups in total. The van der Waals surface area contributed by atoms with Crippen LogP contribution in [0.25, 0.3) is 0 Å². The molecule has 0 atom stereocenters. The molecule has 8 heteroatoms. The van der Waals surface area contributed by atoms with Crippen LogP contribution < -0.4 is 10.6 Å². The molecule has 31 heavy (non-hydrogen) atoms. The molecule has 0 amide bonds. The minimum absolute atomic E-state index is 0.313. The summed E-state index contributed by atoms with van der Waals surface area (Å²) in [7, 11) is 1.42. The Morgan fingerprint density at radius 3 is 2.81 bits per heavy atom. The van der Waals surface area contributed by atoms with Crippen LogP contribution in [0.15, 0.2) is 36.5 Å². The van der Waals surface area contributed by atoms with Crippen molar-refractivity contribution in [3.63, 3.8) is 0 Å². The molecule has 0 fully saturated rings. The lowest BCUT2D eigenvalue weighted by atomic mass is 10.1. The fourth-order valence-electron chi connectivity index (χ4n) is 3.88. The van der Waals surface area contributed by atoms with E-state index in [1.807, 2.05) is 29.1 Å². The van der Waals surface area contributed by atoms with Crippen molar-refractivity contribution in [2.45, 2.75) is 45.6 Å². The van der Waals surface area contributed by atoms with E-state index in [4.69, 9.17) is 17.0 Å². The lowest BCUT2D eigenvalue weighted by Gasteiger charge is -2.10. The van der Waals surface area contributed by atoms with Crippen molar-refractivity contribution >= 4 is 45.5 Å². The first-order valence-corrected chi connectivity index (χ1v) is 11.7. The molecular formula is C23H26N4O2S2. The zero-order valence-electron chi connectivity index (χ0n) is 17.7. The summed E-state index contributed by atoms with van der Waals surface area (Å²) in [4.78, 5) is 13.7. The van der Waals surface area contributed by atoms with Gasteiger partial charge in [-0.25, -0.2) is 4.79 Å². The largest absolute Gasteiger partial charge is 0.465 e. The smallest absolute Gasteiger partial charge is 0.341 e. The first kappa shape index (κ1) is 21.5. The van der Waals surface area contributed by atoms with Crippen LogP contribution in [0.3, 0.4) is 0 Å². The summed E-state index contributed by atoms with van der Waals surface area (Å²) >= 11 is 7.11. The second-order valence-corrected chi connectivity index (χ2v) is 9.18. The molecule has 0 saturated heterocycles. The lowest BCUT2D eigenvalue weighted by molar-refractivity contribution is 0.0601. The second kappa shape index (κ2) is 9.62. The van der Waals surface area contributed by atoms with Crippen molar-refractivity contribution in [2.75, 3.05) is 17.7 Å². The molecule has 3 aromatic rings. The maximum absolute atomic E-state index is 12.5. The first-order valence-electron chi connectivity index (χ1n) is 10.4. The number of nitrogens with zero attached hydrogens (tertiary/aromatic N) is 2. The Kier molecular flexibility index (Phi) is 6.67. The van der Waals surface area contributed by atoms with Gasteiger partial charge in [0, 0.05) is 17.1 Å². The van der Waals surface area contributed by atoms with Gasteiger partial charge >= 0.3 is 5.97 Å². The molecule has 0 spiro atoms. The van der Waals surface area contributed by atoms with Crippen molar-refractivity contribution < 1.29 is 9.53 Å². The van der Waals surface area contributed by atoms with Gasteiger partial charge in [-0.3, -0.25) is 4.68 Å². The Morgan fingerprint density at radius 2 is 2.00 bits per heavy atom. The number of carbonyl (C=O) groups is 1. The standard InChI is InChI=1S/C23H26N4O2S2/c1-15-8-6-7-9-16(15)14-27-13-12-19(26-27)24-23(30)25-21-20(22(28)29-2)17-10-4-3-5-11-18(17)31-21/h6-9,12-13H,3-5,10-11,14H2,1-2H3,(H2,24,25,26,30). The van der Waals surface area contributed by atoms with Gasteiger partial charge in [0.05, 0.1) is 19.2 Å². The van der Waals surface area contributed by atoms with E-state index >= 15 is 0 Å². The number of ether oxygens (including phenoxy) is 1. The highest BCUT2D eigenvalue weighted by Gasteiger charge is 2.25. The number of thiophene rings is 1. The van der Waals surface area contributed by atoms with Gasteiger partial charge in [0.1, 0.15) is 5.00 Å². The third kappa shape index (κ3) is 4.97. The molecule has 4 rings (SSSR count). The molecule has 1 aliphatic rings. The second-order valence-electron chi connectivity index (χ2n) is 7.66. The van der Waals surface area contributed by atoms with E-state index in [2.05, 4.69) is 34.8 Å². The Hall–Kier alpha value is -2.71. The van der Waals surface area contributed by atoms with Gasteiger partial charge in [-0.05, 0) is 61.5 Å². The molecule has 0 aliphatic heterocycles.